The molecule has 6 heteroatoms. The van der Waals surface area contributed by atoms with Crippen LogP contribution in [0.2, 0.25) is 0 Å². The fourth-order valence-electron chi connectivity index (χ4n) is 4.46. The maximum atomic E-state index is 13.7. The molecule has 0 bridgehead atoms. The third-order valence-corrected chi connectivity index (χ3v) is 6.55. The minimum absolute atomic E-state index is 0.0850. The molecule has 4 rings (SSSR count). The van der Waals surface area contributed by atoms with E-state index in [-0.39, 0.29) is 25.2 Å². The molecule has 4 atom stereocenters. The van der Waals surface area contributed by atoms with Gasteiger partial charge in [0.2, 0.25) is 5.91 Å². The van der Waals surface area contributed by atoms with Gasteiger partial charge in [-0.15, -0.1) is 0 Å². The van der Waals surface area contributed by atoms with E-state index in [0.29, 0.717) is 5.56 Å². The third-order valence-electron chi connectivity index (χ3n) is 6.55. The van der Waals surface area contributed by atoms with E-state index < -0.39 is 24.2 Å². The summed E-state index contributed by atoms with van der Waals surface area (Å²) in [5.74, 6) is -1.01. The van der Waals surface area contributed by atoms with Crippen LogP contribution in [0.1, 0.15) is 42.7 Å². The number of rotatable bonds is 6. The summed E-state index contributed by atoms with van der Waals surface area (Å²) in [7, 11) is 0. The van der Waals surface area contributed by atoms with E-state index in [4.69, 9.17) is 4.74 Å². The molecule has 0 saturated carbocycles. The Balaban J connectivity index is 1.62. The first-order valence-electron chi connectivity index (χ1n) is 11.5. The van der Waals surface area contributed by atoms with Gasteiger partial charge in [0.25, 0.3) is 0 Å². The van der Waals surface area contributed by atoms with Crippen molar-refractivity contribution in [3.8, 4) is 0 Å². The molecule has 1 aliphatic heterocycles. The average Bonchev–Trinajstić information content (AvgIpc) is 2.88. The highest BCUT2D eigenvalue weighted by Crippen LogP contribution is 2.36. The Hall–Kier alpha value is -3.64. The number of hydrogen-bond acceptors (Lipinski definition) is 4. The molecule has 0 aromatic heterocycles. The highest BCUT2D eigenvalue weighted by molar-refractivity contribution is 5.83. The summed E-state index contributed by atoms with van der Waals surface area (Å²) in [6.45, 7) is 3.95. The molecule has 1 aliphatic rings. The molecule has 6 nitrogen and oxygen atoms in total. The number of aliphatic hydroxyl groups is 1. The van der Waals surface area contributed by atoms with Crippen molar-refractivity contribution in [2.24, 2.45) is 5.92 Å². The van der Waals surface area contributed by atoms with Crippen LogP contribution < -0.4 is 0 Å². The van der Waals surface area contributed by atoms with Crippen molar-refractivity contribution in [2.45, 2.75) is 38.6 Å². The predicted molar refractivity (Wildman–Crippen MR) is 129 cm³/mol. The van der Waals surface area contributed by atoms with Crippen molar-refractivity contribution >= 4 is 12.0 Å². The van der Waals surface area contributed by atoms with Crippen LogP contribution in [0.3, 0.4) is 0 Å². The second-order valence-electron chi connectivity index (χ2n) is 8.67. The maximum absolute atomic E-state index is 13.7. The van der Waals surface area contributed by atoms with Gasteiger partial charge in [-0.1, -0.05) is 91.0 Å². The highest BCUT2D eigenvalue weighted by atomic mass is 16.6. The molecule has 0 unspecified atom stereocenters. The fourth-order valence-corrected chi connectivity index (χ4v) is 4.46. The number of ether oxygens (including phenoxy) is 1. The second kappa shape index (κ2) is 10.5. The molecule has 0 aliphatic carbocycles. The number of benzene rings is 3. The molecule has 3 aromatic rings. The van der Waals surface area contributed by atoms with Crippen molar-refractivity contribution in [1.82, 2.24) is 9.80 Å². The van der Waals surface area contributed by atoms with Gasteiger partial charge in [0, 0.05) is 6.04 Å². The van der Waals surface area contributed by atoms with E-state index in [2.05, 4.69) is 0 Å². The topological polar surface area (TPSA) is 70.1 Å². The van der Waals surface area contributed by atoms with Crippen LogP contribution in [0.25, 0.3) is 0 Å². The van der Waals surface area contributed by atoms with Crippen molar-refractivity contribution < 1.29 is 19.4 Å². The number of carbonyl (C=O) groups excluding carboxylic acids is 2. The van der Waals surface area contributed by atoms with Crippen molar-refractivity contribution in [1.29, 1.82) is 0 Å². The van der Waals surface area contributed by atoms with Gasteiger partial charge in [0.15, 0.2) is 0 Å². The number of aliphatic hydroxyl groups excluding tert-OH is 1. The Morgan fingerprint density at radius 1 is 0.941 bits per heavy atom. The van der Waals surface area contributed by atoms with Crippen LogP contribution in [0.5, 0.6) is 0 Å². The summed E-state index contributed by atoms with van der Waals surface area (Å²) in [5, 5.41) is 11.2. The van der Waals surface area contributed by atoms with Gasteiger partial charge >= 0.3 is 6.09 Å². The van der Waals surface area contributed by atoms with Gasteiger partial charge in [-0.3, -0.25) is 9.69 Å². The summed E-state index contributed by atoms with van der Waals surface area (Å²) in [6.07, 6.45) is -1.57. The Kier molecular flexibility index (Phi) is 7.28. The van der Waals surface area contributed by atoms with Gasteiger partial charge < -0.3 is 14.7 Å². The van der Waals surface area contributed by atoms with Crippen LogP contribution in [0.15, 0.2) is 91.0 Å². The van der Waals surface area contributed by atoms with Crippen LogP contribution in [-0.2, 0) is 16.1 Å². The molecule has 1 fully saturated rings. The highest BCUT2D eigenvalue weighted by Gasteiger charge is 2.46. The molecular weight excluding hydrogens is 428 g/mol. The lowest BCUT2D eigenvalue weighted by Crippen LogP contribution is -2.61. The number of hydrogen-bond donors (Lipinski definition) is 1. The Morgan fingerprint density at radius 2 is 1.47 bits per heavy atom. The normalized spacial score (nSPS) is 20.0. The molecule has 2 amide bonds. The lowest BCUT2D eigenvalue weighted by molar-refractivity contribution is -0.156. The van der Waals surface area contributed by atoms with E-state index in [1.165, 1.54) is 0 Å². The van der Waals surface area contributed by atoms with Crippen molar-refractivity contribution in [2.75, 3.05) is 6.67 Å². The van der Waals surface area contributed by atoms with E-state index in [0.717, 1.165) is 11.1 Å². The van der Waals surface area contributed by atoms with Crippen LogP contribution in [0.4, 0.5) is 4.79 Å². The fraction of sp³-hybridized carbons (Fsp3) is 0.286. The second-order valence-corrected chi connectivity index (χ2v) is 8.67. The van der Waals surface area contributed by atoms with Crippen LogP contribution >= 0.6 is 0 Å². The van der Waals surface area contributed by atoms with Crippen LogP contribution in [-0.4, -0.2) is 39.6 Å². The monoisotopic (exact) mass is 458 g/mol. The quantitative estimate of drug-likeness (QED) is 0.569. The molecule has 1 saturated heterocycles. The zero-order valence-electron chi connectivity index (χ0n) is 19.5. The Morgan fingerprint density at radius 3 is 2.06 bits per heavy atom. The van der Waals surface area contributed by atoms with Gasteiger partial charge in [0.05, 0.1) is 24.7 Å². The smallest absolute Gasteiger partial charge is 0.411 e. The molecule has 176 valence electrons. The van der Waals surface area contributed by atoms with Gasteiger partial charge in [-0.05, 0) is 30.5 Å². The Bertz CT molecular complexity index is 1090. The summed E-state index contributed by atoms with van der Waals surface area (Å²) < 4.78 is 5.61. The molecule has 1 heterocycles. The standard InChI is InChI=1S/C28H30N2O4/c1-20(23-14-8-4-9-15-23)29-19-30(28(33)34-18-22-12-6-3-7-13-22)21(2)25(27(29)32)26(31)24-16-10-5-11-17-24/h3-17,20-21,25-26,31H,18-19H2,1-2H3/t20-,21+,25-,26-/m0/s1. The largest absolute Gasteiger partial charge is 0.444 e. The zero-order valence-corrected chi connectivity index (χ0v) is 19.5. The zero-order chi connectivity index (χ0) is 24.1. The summed E-state index contributed by atoms with van der Waals surface area (Å²) in [6, 6.07) is 27.4. The van der Waals surface area contributed by atoms with E-state index >= 15 is 0 Å². The van der Waals surface area contributed by atoms with Crippen molar-refractivity contribution in [3.63, 3.8) is 0 Å². The maximum Gasteiger partial charge on any atom is 0.411 e. The minimum atomic E-state index is -1.06. The van der Waals surface area contributed by atoms with Gasteiger partial charge in [-0.25, -0.2) is 4.79 Å². The molecule has 34 heavy (non-hydrogen) atoms. The first kappa shape index (κ1) is 23.5. The van der Waals surface area contributed by atoms with Gasteiger partial charge in [-0.2, -0.15) is 0 Å². The van der Waals surface area contributed by atoms with E-state index in [1.807, 2.05) is 85.8 Å². The van der Waals surface area contributed by atoms with E-state index in [1.54, 1.807) is 28.9 Å². The molecule has 0 spiro atoms. The average molecular weight is 459 g/mol. The van der Waals surface area contributed by atoms with Crippen molar-refractivity contribution in [3.05, 3.63) is 108 Å². The molecule has 1 N–H and O–H groups in total. The Labute approximate surface area is 200 Å². The summed E-state index contributed by atoms with van der Waals surface area (Å²) >= 11 is 0. The van der Waals surface area contributed by atoms with Gasteiger partial charge in [0.1, 0.15) is 6.61 Å². The molecule has 3 aromatic carbocycles. The first-order valence-corrected chi connectivity index (χ1v) is 11.5. The number of amides is 2. The lowest BCUT2D eigenvalue weighted by atomic mass is 9.85. The lowest BCUT2D eigenvalue weighted by Gasteiger charge is -2.47. The number of carbonyl (C=O) groups is 2. The SMILES string of the molecule is C[C@@H]1[C@@H]([C@@H](O)c2ccccc2)C(=O)N([C@@H](C)c2ccccc2)CN1C(=O)OCc1ccccc1. The summed E-state index contributed by atoms with van der Waals surface area (Å²) in [5.41, 5.74) is 2.47. The minimum Gasteiger partial charge on any atom is -0.444 e. The summed E-state index contributed by atoms with van der Waals surface area (Å²) in [4.78, 5) is 30.1. The van der Waals surface area contributed by atoms with Crippen LogP contribution in [0, 0.1) is 5.92 Å². The van der Waals surface area contributed by atoms with E-state index in [9.17, 15) is 14.7 Å². The third kappa shape index (κ3) is 4.97. The molecule has 0 radical (unpaired) electrons. The number of nitrogens with zero attached hydrogens (tertiary/aromatic N) is 2. The molecular formula is C28H30N2O4. The predicted octanol–water partition coefficient (Wildman–Crippen LogP) is 4.92. The first-order chi connectivity index (χ1) is 16.5.